The highest BCUT2D eigenvalue weighted by atomic mass is 16.6. The molecule has 7 heteroatoms. The van der Waals surface area contributed by atoms with Gasteiger partial charge in [-0.1, -0.05) is 30.3 Å². The van der Waals surface area contributed by atoms with E-state index in [9.17, 15) is 9.59 Å². The molecule has 0 spiro atoms. The summed E-state index contributed by atoms with van der Waals surface area (Å²) >= 11 is 0. The van der Waals surface area contributed by atoms with Gasteiger partial charge in [0, 0.05) is 5.69 Å². The molecule has 1 aliphatic rings. The molecule has 1 unspecified atom stereocenters. The maximum atomic E-state index is 12.0. The molecule has 25 heavy (non-hydrogen) atoms. The van der Waals surface area contributed by atoms with Crippen LogP contribution in [0.2, 0.25) is 0 Å². The summed E-state index contributed by atoms with van der Waals surface area (Å²) in [6, 6.07) is 16.0. The number of methoxy groups -OCH3 is 1. The van der Waals surface area contributed by atoms with Gasteiger partial charge < -0.3 is 20.1 Å². The summed E-state index contributed by atoms with van der Waals surface area (Å²) in [5.41, 5.74) is 1.34. The van der Waals surface area contributed by atoms with Crippen LogP contribution >= 0.6 is 0 Å². The molecule has 0 aliphatic carbocycles. The first-order valence-electron chi connectivity index (χ1n) is 7.88. The quantitative estimate of drug-likeness (QED) is 0.876. The molecule has 2 N–H and O–H groups in total. The number of urea groups is 1. The van der Waals surface area contributed by atoms with E-state index in [0.717, 1.165) is 5.69 Å². The minimum Gasteiger partial charge on any atom is -0.495 e. The Bertz CT molecular complexity index is 751. The number of nitrogens with zero attached hydrogens (tertiary/aromatic N) is 1. The Morgan fingerprint density at radius 2 is 1.92 bits per heavy atom. The van der Waals surface area contributed by atoms with Crippen LogP contribution < -0.4 is 20.3 Å². The predicted molar refractivity (Wildman–Crippen MR) is 94.1 cm³/mol. The molecule has 7 nitrogen and oxygen atoms in total. The van der Waals surface area contributed by atoms with Crippen LogP contribution in [0.15, 0.2) is 54.6 Å². The van der Waals surface area contributed by atoms with Gasteiger partial charge >= 0.3 is 12.1 Å². The molecular formula is C18H19N3O4. The third-order valence-corrected chi connectivity index (χ3v) is 3.79. The lowest BCUT2D eigenvalue weighted by atomic mass is 10.2. The topological polar surface area (TPSA) is 79.9 Å². The number of carbonyl (C=O) groups is 2. The summed E-state index contributed by atoms with van der Waals surface area (Å²) in [5, 5.41) is 5.42. The molecule has 1 saturated heterocycles. The van der Waals surface area contributed by atoms with E-state index in [0.29, 0.717) is 18.0 Å². The number of hydrogen-bond acceptors (Lipinski definition) is 4. The van der Waals surface area contributed by atoms with Crippen molar-refractivity contribution in [2.45, 2.75) is 6.10 Å². The lowest BCUT2D eigenvalue weighted by molar-refractivity contribution is 0.141. The van der Waals surface area contributed by atoms with Crippen LogP contribution in [0, 0.1) is 0 Å². The van der Waals surface area contributed by atoms with Crippen LogP contribution in [0.1, 0.15) is 0 Å². The number of benzene rings is 2. The molecule has 0 radical (unpaired) electrons. The normalized spacial score (nSPS) is 16.3. The van der Waals surface area contributed by atoms with Crippen molar-refractivity contribution in [1.82, 2.24) is 5.32 Å². The van der Waals surface area contributed by atoms with E-state index < -0.39 is 18.2 Å². The summed E-state index contributed by atoms with van der Waals surface area (Å²) in [6.45, 7) is 0.605. The maximum absolute atomic E-state index is 12.0. The zero-order valence-electron chi connectivity index (χ0n) is 13.8. The molecule has 0 saturated carbocycles. The third-order valence-electron chi connectivity index (χ3n) is 3.79. The second kappa shape index (κ2) is 7.57. The summed E-state index contributed by atoms with van der Waals surface area (Å²) in [5.74, 6) is 0.570. The molecule has 3 amide bonds. The lowest BCUT2D eigenvalue weighted by Crippen LogP contribution is -2.37. The summed E-state index contributed by atoms with van der Waals surface area (Å²) < 4.78 is 10.5. The van der Waals surface area contributed by atoms with Crippen molar-refractivity contribution in [3.8, 4) is 5.75 Å². The van der Waals surface area contributed by atoms with Gasteiger partial charge in [-0.2, -0.15) is 0 Å². The largest absolute Gasteiger partial charge is 0.495 e. The molecule has 1 fully saturated rings. The Morgan fingerprint density at radius 3 is 2.68 bits per heavy atom. The van der Waals surface area contributed by atoms with E-state index in [1.807, 2.05) is 36.4 Å². The maximum Gasteiger partial charge on any atom is 0.414 e. The second-order valence-electron chi connectivity index (χ2n) is 5.49. The Balaban J connectivity index is 1.52. The summed E-state index contributed by atoms with van der Waals surface area (Å²) in [4.78, 5) is 25.5. The number of carbonyl (C=O) groups excluding carboxylic acids is 2. The predicted octanol–water partition coefficient (Wildman–Crippen LogP) is 2.84. The van der Waals surface area contributed by atoms with E-state index in [2.05, 4.69) is 10.6 Å². The average Bonchev–Trinajstić information content (AvgIpc) is 3.02. The van der Waals surface area contributed by atoms with Gasteiger partial charge in [0.2, 0.25) is 0 Å². The highest BCUT2D eigenvalue weighted by Gasteiger charge is 2.32. The van der Waals surface area contributed by atoms with Gasteiger partial charge in [0.15, 0.2) is 0 Å². The number of ether oxygens (including phenoxy) is 2. The van der Waals surface area contributed by atoms with E-state index in [-0.39, 0.29) is 6.54 Å². The van der Waals surface area contributed by atoms with Crippen molar-refractivity contribution in [2.24, 2.45) is 0 Å². The Kier molecular flexibility index (Phi) is 5.03. The van der Waals surface area contributed by atoms with Gasteiger partial charge in [-0.15, -0.1) is 0 Å². The Morgan fingerprint density at radius 1 is 1.20 bits per heavy atom. The summed E-state index contributed by atoms with van der Waals surface area (Å²) in [7, 11) is 1.54. The average molecular weight is 341 g/mol. The number of anilines is 2. The van der Waals surface area contributed by atoms with E-state index in [4.69, 9.17) is 9.47 Å². The van der Waals surface area contributed by atoms with Crippen LogP contribution in [0.4, 0.5) is 21.0 Å². The van der Waals surface area contributed by atoms with Crippen LogP contribution in [0.25, 0.3) is 0 Å². The molecule has 1 atom stereocenters. The Labute approximate surface area is 145 Å². The zero-order chi connectivity index (χ0) is 17.6. The number of amides is 3. The van der Waals surface area contributed by atoms with Gasteiger partial charge in [-0.3, -0.25) is 4.90 Å². The first-order valence-corrected chi connectivity index (χ1v) is 7.88. The van der Waals surface area contributed by atoms with Gasteiger partial charge in [0.1, 0.15) is 11.9 Å². The van der Waals surface area contributed by atoms with Crippen LogP contribution in [-0.2, 0) is 4.74 Å². The number of cyclic esters (lactones) is 1. The number of para-hydroxylation sites is 3. The molecule has 3 rings (SSSR count). The lowest BCUT2D eigenvalue weighted by Gasteiger charge is -2.13. The Hall–Kier alpha value is -3.22. The minimum absolute atomic E-state index is 0.218. The fraction of sp³-hybridized carbons (Fsp3) is 0.222. The first-order chi connectivity index (χ1) is 12.2. The van der Waals surface area contributed by atoms with E-state index in [1.165, 1.54) is 7.11 Å². The number of nitrogens with one attached hydrogen (secondary N) is 2. The van der Waals surface area contributed by atoms with Gasteiger partial charge in [0.25, 0.3) is 0 Å². The molecule has 0 aromatic heterocycles. The standard InChI is InChI=1S/C18H19N3O4/c1-24-16-10-6-5-9-15(16)20-17(22)19-11-14-12-21(18(23)25-14)13-7-3-2-4-8-13/h2-10,14H,11-12H2,1H3,(H2,19,20,22). The molecular weight excluding hydrogens is 322 g/mol. The van der Waals surface area contributed by atoms with Gasteiger partial charge in [-0.25, -0.2) is 9.59 Å². The molecule has 2 aromatic rings. The minimum atomic E-state index is -0.414. The SMILES string of the molecule is COc1ccccc1NC(=O)NCC1CN(c2ccccc2)C(=O)O1. The highest BCUT2D eigenvalue weighted by molar-refractivity contribution is 5.91. The molecule has 1 aliphatic heterocycles. The highest BCUT2D eigenvalue weighted by Crippen LogP contribution is 2.23. The van der Waals surface area contributed by atoms with Crippen molar-refractivity contribution < 1.29 is 19.1 Å². The van der Waals surface area contributed by atoms with Gasteiger partial charge in [-0.05, 0) is 24.3 Å². The van der Waals surface area contributed by atoms with Crippen molar-refractivity contribution in [2.75, 3.05) is 30.4 Å². The van der Waals surface area contributed by atoms with Crippen molar-refractivity contribution in [3.63, 3.8) is 0 Å². The molecule has 0 bridgehead atoms. The van der Waals surface area contributed by atoms with Gasteiger partial charge in [0.05, 0.1) is 25.9 Å². The van der Waals surface area contributed by atoms with Crippen LogP contribution in [-0.4, -0.2) is 38.4 Å². The second-order valence-corrected chi connectivity index (χ2v) is 5.49. The van der Waals surface area contributed by atoms with Crippen LogP contribution in [0.3, 0.4) is 0 Å². The first kappa shape index (κ1) is 16.6. The smallest absolute Gasteiger partial charge is 0.414 e. The van der Waals surface area contributed by atoms with E-state index in [1.54, 1.807) is 23.1 Å². The van der Waals surface area contributed by atoms with E-state index >= 15 is 0 Å². The molecule has 130 valence electrons. The molecule has 1 heterocycles. The fourth-order valence-corrected chi connectivity index (χ4v) is 2.57. The third kappa shape index (κ3) is 4.00. The number of rotatable bonds is 5. The monoisotopic (exact) mass is 341 g/mol. The number of hydrogen-bond donors (Lipinski definition) is 2. The molecule has 2 aromatic carbocycles. The van der Waals surface area contributed by atoms with Crippen molar-refractivity contribution in [1.29, 1.82) is 0 Å². The summed E-state index contributed by atoms with van der Waals surface area (Å²) in [6.07, 6.45) is -0.820. The van der Waals surface area contributed by atoms with Crippen molar-refractivity contribution >= 4 is 23.5 Å². The van der Waals surface area contributed by atoms with Crippen LogP contribution in [0.5, 0.6) is 5.75 Å². The fourth-order valence-electron chi connectivity index (χ4n) is 2.57. The van der Waals surface area contributed by atoms with Crippen molar-refractivity contribution in [3.05, 3.63) is 54.6 Å². The zero-order valence-corrected chi connectivity index (χ0v) is 13.8.